The standard InChI is InChI=1S/C11H17NOSi/c1-9-5-7-10(8-6-9)11(13)12-14(2,3)4/h5-8H,1-4H3,(H,12,13). The van der Waals surface area contributed by atoms with Gasteiger partial charge in [-0.15, -0.1) is 0 Å². The summed E-state index contributed by atoms with van der Waals surface area (Å²) in [6, 6.07) is 7.65. The molecule has 0 bridgehead atoms. The Morgan fingerprint density at radius 3 is 2.07 bits per heavy atom. The van der Waals surface area contributed by atoms with Crippen molar-refractivity contribution in [3.8, 4) is 0 Å². The molecular weight excluding hydrogens is 190 g/mol. The molecule has 0 aliphatic heterocycles. The highest BCUT2D eigenvalue weighted by Crippen LogP contribution is 2.04. The van der Waals surface area contributed by atoms with E-state index in [0.717, 1.165) is 5.56 Å². The number of aryl methyl sites for hydroxylation is 1. The van der Waals surface area contributed by atoms with Gasteiger partial charge in [-0.3, -0.25) is 4.79 Å². The second-order valence-electron chi connectivity index (χ2n) is 4.57. The molecule has 1 N–H and O–H groups in total. The summed E-state index contributed by atoms with van der Waals surface area (Å²) in [5, 5.41) is 0. The molecule has 1 rings (SSSR count). The zero-order chi connectivity index (χ0) is 10.8. The minimum Gasteiger partial charge on any atom is -0.378 e. The Labute approximate surface area is 86.4 Å². The summed E-state index contributed by atoms with van der Waals surface area (Å²) in [6.07, 6.45) is 0. The summed E-state index contributed by atoms with van der Waals surface area (Å²) >= 11 is 0. The third-order valence-corrected chi connectivity index (χ3v) is 2.78. The van der Waals surface area contributed by atoms with Crippen LogP contribution >= 0.6 is 0 Å². The molecule has 1 amide bonds. The van der Waals surface area contributed by atoms with Crippen LogP contribution in [0.5, 0.6) is 0 Å². The molecule has 3 heteroatoms. The van der Waals surface area contributed by atoms with Gasteiger partial charge >= 0.3 is 0 Å². The molecule has 76 valence electrons. The molecular formula is C11H17NOSi. The number of rotatable bonds is 2. The van der Waals surface area contributed by atoms with Crippen LogP contribution in [0.4, 0.5) is 0 Å². The van der Waals surface area contributed by atoms with Crippen LogP contribution in [0.3, 0.4) is 0 Å². The number of carbonyl (C=O) groups is 1. The highest BCUT2D eigenvalue weighted by atomic mass is 28.3. The van der Waals surface area contributed by atoms with E-state index in [1.54, 1.807) is 0 Å². The summed E-state index contributed by atoms with van der Waals surface area (Å²) in [7, 11) is -1.52. The van der Waals surface area contributed by atoms with Crippen LogP contribution in [0.25, 0.3) is 0 Å². The number of nitrogens with one attached hydrogen (secondary N) is 1. The van der Waals surface area contributed by atoms with Crippen LogP contribution in [0.15, 0.2) is 24.3 Å². The first-order chi connectivity index (χ1) is 6.38. The quantitative estimate of drug-likeness (QED) is 0.742. The van der Waals surface area contributed by atoms with Crippen LogP contribution in [-0.4, -0.2) is 14.1 Å². The van der Waals surface area contributed by atoms with Crippen molar-refractivity contribution in [3.63, 3.8) is 0 Å². The Morgan fingerprint density at radius 1 is 1.14 bits per heavy atom. The fourth-order valence-electron chi connectivity index (χ4n) is 1.12. The maximum atomic E-state index is 11.7. The van der Waals surface area contributed by atoms with Gasteiger partial charge in [0.25, 0.3) is 0 Å². The Balaban J connectivity index is 2.76. The molecule has 0 atom stereocenters. The topological polar surface area (TPSA) is 29.1 Å². The van der Waals surface area contributed by atoms with Gasteiger partial charge in [0.05, 0.1) is 0 Å². The fraction of sp³-hybridized carbons (Fsp3) is 0.364. The lowest BCUT2D eigenvalue weighted by Gasteiger charge is -2.17. The minimum absolute atomic E-state index is 0.0455. The van der Waals surface area contributed by atoms with Crippen molar-refractivity contribution in [1.29, 1.82) is 0 Å². The number of benzene rings is 1. The lowest BCUT2D eigenvalue weighted by molar-refractivity contribution is 0.0978. The third-order valence-electron chi connectivity index (χ3n) is 1.80. The van der Waals surface area contributed by atoms with Crippen molar-refractivity contribution in [3.05, 3.63) is 35.4 Å². The Morgan fingerprint density at radius 2 is 1.64 bits per heavy atom. The van der Waals surface area contributed by atoms with Gasteiger partial charge in [-0.1, -0.05) is 37.3 Å². The van der Waals surface area contributed by atoms with Crippen molar-refractivity contribution in [1.82, 2.24) is 4.98 Å². The van der Waals surface area contributed by atoms with Crippen molar-refractivity contribution in [2.24, 2.45) is 0 Å². The maximum absolute atomic E-state index is 11.7. The lowest BCUT2D eigenvalue weighted by Crippen LogP contribution is -2.45. The highest BCUT2D eigenvalue weighted by Gasteiger charge is 2.17. The SMILES string of the molecule is Cc1ccc(C(=O)N[Si](C)(C)C)cc1. The van der Waals surface area contributed by atoms with Gasteiger partial charge in [-0.05, 0) is 19.1 Å². The molecule has 1 aromatic rings. The number of carbonyl (C=O) groups excluding carboxylic acids is 1. The van der Waals surface area contributed by atoms with E-state index < -0.39 is 8.24 Å². The highest BCUT2D eigenvalue weighted by molar-refractivity contribution is 6.76. The summed E-state index contributed by atoms with van der Waals surface area (Å²) in [6.45, 7) is 8.34. The predicted molar refractivity (Wildman–Crippen MR) is 62.0 cm³/mol. The van der Waals surface area contributed by atoms with Crippen LogP contribution in [0.2, 0.25) is 19.6 Å². The van der Waals surface area contributed by atoms with E-state index >= 15 is 0 Å². The Hall–Kier alpha value is -1.09. The Bertz CT molecular complexity index is 324. The predicted octanol–water partition coefficient (Wildman–Crippen LogP) is 2.56. The van der Waals surface area contributed by atoms with E-state index in [4.69, 9.17) is 0 Å². The van der Waals surface area contributed by atoms with Gasteiger partial charge in [0.2, 0.25) is 5.91 Å². The summed E-state index contributed by atoms with van der Waals surface area (Å²) < 4.78 is 0. The van der Waals surface area contributed by atoms with E-state index in [9.17, 15) is 4.79 Å². The molecule has 0 saturated carbocycles. The van der Waals surface area contributed by atoms with Gasteiger partial charge in [0, 0.05) is 5.56 Å². The molecule has 0 spiro atoms. The van der Waals surface area contributed by atoms with E-state index in [1.807, 2.05) is 31.2 Å². The molecule has 0 radical (unpaired) electrons. The first-order valence-electron chi connectivity index (χ1n) is 4.78. The van der Waals surface area contributed by atoms with Gasteiger partial charge < -0.3 is 4.98 Å². The second-order valence-corrected chi connectivity index (χ2v) is 9.32. The summed E-state index contributed by atoms with van der Waals surface area (Å²) in [4.78, 5) is 14.8. The zero-order valence-corrected chi connectivity index (χ0v) is 10.2. The first kappa shape index (κ1) is 11.0. The minimum atomic E-state index is -1.52. The molecule has 0 unspecified atom stereocenters. The van der Waals surface area contributed by atoms with Gasteiger partial charge in [0.15, 0.2) is 0 Å². The Kier molecular flexibility index (Phi) is 3.11. The number of amides is 1. The zero-order valence-electron chi connectivity index (χ0n) is 9.22. The molecule has 0 aliphatic carbocycles. The molecule has 0 aromatic heterocycles. The smallest absolute Gasteiger partial charge is 0.243 e. The lowest BCUT2D eigenvalue weighted by atomic mass is 10.1. The molecule has 0 aliphatic rings. The monoisotopic (exact) mass is 207 g/mol. The summed E-state index contributed by atoms with van der Waals surface area (Å²) in [5.41, 5.74) is 1.92. The normalized spacial score (nSPS) is 11.1. The molecule has 0 fully saturated rings. The third kappa shape index (κ3) is 3.34. The van der Waals surface area contributed by atoms with Gasteiger partial charge in [0.1, 0.15) is 8.24 Å². The average Bonchev–Trinajstić information content (AvgIpc) is 2.02. The fourth-order valence-corrected chi connectivity index (χ4v) is 1.94. The van der Waals surface area contributed by atoms with Crippen molar-refractivity contribution >= 4 is 14.1 Å². The van der Waals surface area contributed by atoms with Crippen LogP contribution in [0.1, 0.15) is 15.9 Å². The second kappa shape index (κ2) is 3.96. The van der Waals surface area contributed by atoms with Gasteiger partial charge in [-0.2, -0.15) is 0 Å². The van der Waals surface area contributed by atoms with E-state index in [-0.39, 0.29) is 5.91 Å². The van der Waals surface area contributed by atoms with Crippen molar-refractivity contribution < 1.29 is 4.79 Å². The number of hydrogen-bond acceptors (Lipinski definition) is 1. The molecule has 14 heavy (non-hydrogen) atoms. The van der Waals surface area contributed by atoms with E-state index in [1.165, 1.54) is 5.56 Å². The first-order valence-corrected chi connectivity index (χ1v) is 8.28. The van der Waals surface area contributed by atoms with Crippen LogP contribution in [-0.2, 0) is 0 Å². The van der Waals surface area contributed by atoms with Crippen LogP contribution < -0.4 is 4.98 Å². The van der Waals surface area contributed by atoms with Gasteiger partial charge in [-0.25, -0.2) is 0 Å². The summed E-state index contributed by atoms with van der Waals surface area (Å²) in [5.74, 6) is 0.0455. The number of hydrogen-bond donors (Lipinski definition) is 1. The largest absolute Gasteiger partial charge is 0.378 e. The van der Waals surface area contributed by atoms with E-state index in [0.29, 0.717) is 0 Å². The molecule has 0 heterocycles. The van der Waals surface area contributed by atoms with E-state index in [2.05, 4.69) is 24.6 Å². The molecule has 1 aromatic carbocycles. The average molecular weight is 207 g/mol. The van der Waals surface area contributed by atoms with Crippen molar-refractivity contribution in [2.75, 3.05) is 0 Å². The molecule has 0 saturated heterocycles. The molecule has 2 nitrogen and oxygen atoms in total. The van der Waals surface area contributed by atoms with Crippen molar-refractivity contribution in [2.45, 2.75) is 26.6 Å². The maximum Gasteiger partial charge on any atom is 0.243 e. The van der Waals surface area contributed by atoms with Crippen LogP contribution in [0, 0.1) is 6.92 Å².